The molecule has 0 aliphatic heterocycles. The van der Waals surface area contributed by atoms with Gasteiger partial charge in [0.05, 0.1) is 9.85 Å². The summed E-state index contributed by atoms with van der Waals surface area (Å²) in [5.41, 5.74) is 1.73. The van der Waals surface area contributed by atoms with E-state index in [2.05, 4.69) is 0 Å². The van der Waals surface area contributed by atoms with Gasteiger partial charge in [-0.05, 0) is 19.4 Å². The van der Waals surface area contributed by atoms with Gasteiger partial charge in [-0.2, -0.15) is 4.57 Å². The van der Waals surface area contributed by atoms with Gasteiger partial charge in [-0.3, -0.25) is 20.2 Å². The minimum atomic E-state index is -0.651. The summed E-state index contributed by atoms with van der Waals surface area (Å²) in [5.74, 6) is 0. The van der Waals surface area contributed by atoms with E-state index < -0.39 is 9.85 Å². The summed E-state index contributed by atoms with van der Waals surface area (Å²) in [4.78, 5) is 20.5. The molecule has 0 saturated heterocycles. The highest BCUT2D eigenvalue weighted by Crippen LogP contribution is 2.24. The first-order valence-corrected chi connectivity index (χ1v) is 5.82. The molecule has 0 fully saturated rings. The lowest BCUT2D eigenvalue weighted by Crippen LogP contribution is -3.00. The highest BCUT2D eigenvalue weighted by molar-refractivity contribution is 5.53. The molecule has 0 saturated carbocycles. The molecule has 7 nitrogen and oxygen atoms in total. The molecule has 1 aromatic carbocycles. The summed E-state index contributed by atoms with van der Waals surface area (Å²) in [6.45, 7) is 3.83. The third kappa shape index (κ3) is 3.32. The van der Waals surface area contributed by atoms with Gasteiger partial charge in [0.2, 0.25) is 0 Å². The first kappa shape index (κ1) is 16.5. The molecule has 0 bridgehead atoms. The van der Waals surface area contributed by atoms with Crippen molar-refractivity contribution < 1.29 is 26.8 Å². The van der Waals surface area contributed by atoms with Gasteiger partial charge in [0.15, 0.2) is 12.4 Å². The fourth-order valence-corrected chi connectivity index (χ4v) is 1.82. The second-order valence-electron chi connectivity index (χ2n) is 4.41. The largest absolute Gasteiger partial charge is 1.00 e. The molecule has 21 heavy (non-hydrogen) atoms. The Morgan fingerprint density at radius 3 is 2.19 bits per heavy atom. The summed E-state index contributed by atoms with van der Waals surface area (Å²) < 4.78 is 1.59. The second kappa shape index (κ2) is 6.27. The van der Waals surface area contributed by atoms with E-state index in [0.717, 1.165) is 17.2 Å². The topological polar surface area (TPSA) is 90.2 Å². The molecule has 110 valence electrons. The zero-order valence-corrected chi connectivity index (χ0v) is 12.1. The molecule has 1 heterocycles. The van der Waals surface area contributed by atoms with Gasteiger partial charge in [-0.15, -0.1) is 0 Å². The zero-order chi connectivity index (χ0) is 14.9. The monoisotopic (exact) mass is 309 g/mol. The second-order valence-corrected chi connectivity index (χ2v) is 4.41. The van der Waals surface area contributed by atoms with E-state index in [9.17, 15) is 20.2 Å². The Bertz CT molecular complexity index is 719. The van der Waals surface area contributed by atoms with Crippen LogP contribution in [0.1, 0.15) is 11.1 Å². The Balaban J connectivity index is 0.00000220. The van der Waals surface area contributed by atoms with Crippen LogP contribution >= 0.6 is 0 Å². The van der Waals surface area contributed by atoms with Crippen molar-refractivity contribution in [2.45, 2.75) is 13.8 Å². The van der Waals surface area contributed by atoms with Crippen LogP contribution in [0.2, 0.25) is 0 Å². The quantitative estimate of drug-likeness (QED) is 0.430. The van der Waals surface area contributed by atoms with E-state index in [1.54, 1.807) is 17.0 Å². The van der Waals surface area contributed by atoms with Crippen molar-refractivity contribution in [1.29, 1.82) is 0 Å². The van der Waals surface area contributed by atoms with Crippen LogP contribution in [0.5, 0.6) is 0 Å². The van der Waals surface area contributed by atoms with E-state index in [1.165, 1.54) is 12.1 Å². The molecule has 0 N–H and O–H groups in total. The molecule has 0 aliphatic rings. The van der Waals surface area contributed by atoms with Gasteiger partial charge >= 0.3 is 5.69 Å². The number of halogens is 1. The normalized spacial score (nSPS) is 9.81. The first-order valence-electron chi connectivity index (χ1n) is 5.82. The maximum Gasteiger partial charge on any atom is 0.347 e. The van der Waals surface area contributed by atoms with Crippen molar-refractivity contribution in [3.05, 3.63) is 68.0 Å². The van der Waals surface area contributed by atoms with Crippen molar-refractivity contribution in [2.24, 2.45) is 0 Å². The number of benzene rings is 1. The minimum absolute atomic E-state index is 0. The van der Waals surface area contributed by atoms with Crippen LogP contribution in [-0.4, -0.2) is 9.85 Å². The number of rotatable bonds is 3. The number of aryl methyl sites for hydroxylation is 2. The Labute approximate surface area is 126 Å². The molecule has 1 aromatic heterocycles. The summed E-state index contributed by atoms with van der Waals surface area (Å²) in [6.07, 6.45) is 3.44. The predicted octanol–water partition coefficient (Wildman–Crippen LogP) is -0.599. The molecule has 0 atom stereocenters. The maximum absolute atomic E-state index is 11.1. The molecule has 0 amide bonds. The summed E-state index contributed by atoms with van der Waals surface area (Å²) >= 11 is 0. The number of hydrogen-bond acceptors (Lipinski definition) is 4. The molecule has 0 aliphatic carbocycles. The van der Waals surface area contributed by atoms with Gasteiger partial charge in [0.25, 0.3) is 11.4 Å². The lowest BCUT2D eigenvalue weighted by atomic mass is 10.1. The van der Waals surface area contributed by atoms with Crippen molar-refractivity contribution >= 4 is 11.4 Å². The molecule has 0 radical (unpaired) electrons. The summed E-state index contributed by atoms with van der Waals surface area (Å²) in [7, 11) is 0. The third-order valence-corrected chi connectivity index (χ3v) is 3.08. The summed E-state index contributed by atoms with van der Waals surface area (Å²) in [6, 6.07) is 5.44. The predicted molar refractivity (Wildman–Crippen MR) is 70.8 cm³/mol. The minimum Gasteiger partial charge on any atom is -1.00 e. The molecule has 2 rings (SSSR count). The molecule has 2 aromatic rings. The van der Waals surface area contributed by atoms with E-state index in [4.69, 9.17) is 0 Å². The smallest absolute Gasteiger partial charge is 0.347 e. The Hall–Kier alpha value is -2.54. The van der Waals surface area contributed by atoms with Crippen LogP contribution < -0.4 is 17.0 Å². The van der Waals surface area contributed by atoms with Gasteiger partial charge in [-0.25, -0.2) is 0 Å². The van der Waals surface area contributed by atoms with Crippen molar-refractivity contribution in [3.8, 4) is 5.69 Å². The lowest BCUT2D eigenvalue weighted by Gasteiger charge is -2.01. The number of aromatic nitrogens is 1. The van der Waals surface area contributed by atoms with Gasteiger partial charge < -0.3 is 12.4 Å². The number of nitrogens with zero attached hydrogens (tertiary/aromatic N) is 3. The van der Waals surface area contributed by atoms with Crippen molar-refractivity contribution in [1.82, 2.24) is 0 Å². The number of nitro benzene ring substituents is 2. The van der Waals surface area contributed by atoms with Crippen LogP contribution in [0, 0.1) is 34.1 Å². The third-order valence-electron chi connectivity index (χ3n) is 3.08. The SMILES string of the molecule is Cc1cc[n+](-c2ccc([N+](=O)[O-])cc2[N+](=O)[O-])cc1C.[Cl-]. The molecular weight excluding hydrogens is 298 g/mol. The van der Waals surface area contributed by atoms with E-state index in [-0.39, 0.29) is 23.8 Å². The highest BCUT2D eigenvalue weighted by atomic mass is 35.5. The van der Waals surface area contributed by atoms with Crippen molar-refractivity contribution in [2.75, 3.05) is 0 Å². The molecular formula is C13H12ClN3O4. The fraction of sp³-hybridized carbons (Fsp3) is 0.154. The standard InChI is InChI=1S/C13H12N3O4.ClH/c1-9-5-6-14(8-10(9)2)12-4-3-11(15(17)18)7-13(12)16(19)20;/h3-8H,1-2H3;1H/q+1;/p-1. The lowest BCUT2D eigenvalue weighted by molar-refractivity contribution is -0.601. The average Bonchev–Trinajstić information content (AvgIpc) is 2.41. The number of non-ortho nitro benzene ring substituents is 1. The Morgan fingerprint density at radius 2 is 1.67 bits per heavy atom. The van der Waals surface area contributed by atoms with Crippen LogP contribution in [0.25, 0.3) is 5.69 Å². The molecule has 0 unspecified atom stereocenters. The Kier molecular flexibility index (Phi) is 4.93. The number of hydrogen-bond donors (Lipinski definition) is 0. The van der Waals surface area contributed by atoms with Gasteiger partial charge in [-0.1, -0.05) is 0 Å². The van der Waals surface area contributed by atoms with Gasteiger partial charge in [0.1, 0.15) is 6.07 Å². The van der Waals surface area contributed by atoms with Crippen LogP contribution in [-0.2, 0) is 0 Å². The maximum atomic E-state index is 11.1. The van der Waals surface area contributed by atoms with Gasteiger partial charge in [0, 0.05) is 23.8 Å². The Morgan fingerprint density at radius 1 is 1.00 bits per heavy atom. The van der Waals surface area contributed by atoms with E-state index in [0.29, 0.717) is 5.69 Å². The fourth-order valence-electron chi connectivity index (χ4n) is 1.82. The zero-order valence-electron chi connectivity index (χ0n) is 11.3. The first-order chi connectivity index (χ1) is 9.40. The highest BCUT2D eigenvalue weighted by Gasteiger charge is 2.26. The van der Waals surface area contributed by atoms with Crippen molar-refractivity contribution in [3.63, 3.8) is 0 Å². The van der Waals surface area contributed by atoms with Crippen LogP contribution in [0.4, 0.5) is 11.4 Å². The number of nitro groups is 2. The van der Waals surface area contributed by atoms with E-state index >= 15 is 0 Å². The van der Waals surface area contributed by atoms with Crippen LogP contribution in [0.3, 0.4) is 0 Å². The summed E-state index contributed by atoms with van der Waals surface area (Å²) in [5, 5.41) is 21.8. The van der Waals surface area contributed by atoms with E-state index in [1.807, 2.05) is 19.9 Å². The van der Waals surface area contributed by atoms with Crippen LogP contribution in [0.15, 0.2) is 36.7 Å². The average molecular weight is 310 g/mol. The molecule has 8 heteroatoms. The number of pyridine rings is 1. The molecule has 0 spiro atoms.